The summed E-state index contributed by atoms with van der Waals surface area (Å²) in [5, 5.41) is 5.20. The van der Waals surface area contributed by atoms with Gasteiger partial charge in [0.25, 0.3) is 5.56 Å². The van der Waals surface area contributed by atoms with Crippen LogP contribution < -0.4 is 15.0 Å². The molecule has 0 N–H and O–H groups in total. The normalized spacial score (nSPS) is 17.0. The van der Waals surface area contributed by atoms with Crippen LogP contribution in [-0.4, -0.2) is 39.2 Å². The van der Waals surface area contributed by atoms with Crippen molar-refractivity contribution in [3.8, 4) is 22.9 Å². The van der Waals surface area contributed by atoms with Crippen LogP contribution in [0.1, 0.15) is 24.3 Å². The van der Waals surface area contributed by atoms with Crippen LogP contribution in [0.4, 0.5) is 0 Å². The number of hydrogen-bond donors (Lipinski definition) is 0. The van der Waals surface area contributed by atoms with Gasteiger partial charge in [-0.3, -0.25) is 9.36 Å². The molecule has 4 heterocycles. The summed E-state index contributed by atoms with van der Waals surface area (Å²) >= 11 is 1.39. The Balaban J connectivity index is 1.33. The molecule has 34 heavy (non-hydrogen) atoms. The minimum Gasteiger partial charge on any atom is -0.454 e. The Morgan fingerprint density at radius 2 is 2.00 bits per heavy atom. The first-order chi connectivity index (χ1) is 16.7. The molecule has 9 nitrogen and oxygen atoms in total. The molecule has 0 amide bonds. The quantitative estimate of drug-likeness (QED) is 0.301. The van der Waals surface area contributed by atoms with Gasteiger partial charge in [0.1, 0.15) is 0 Å². The lowest BCUT2D eigenvalue weighted by molar-refractivity contribution is 0.0937. The summed E-state index contributed by atoms with van der Waals surface area (Å²) < 4.78 is 23.9. The maximum absolute atomic E-state index is 13.5. The van der Waals surface area contributed by atoms with E-state index in [1.54, 1.807) is 16.7 Å². The minimum atomic E-state index is -0.132. The molecule has 6 rings (SSSR count). The summed E-state index contributed by atoms with van der Waals surface area (Å²) in [5.74, 6) is 2.54. The number of ether oxygens (including phenoxy) is 3. The van der Waals surface area contributed by atoms with Crippen LogP contribution in [0.25, 0.3) is 22.3 Å². The summed E-state index contributed by atoms with van der Waals surface area (Å²) in [6.07, 6.45) is 1.89. The lowest BCUT2D eigenvalue weighted by Crippen LogP contribution is -2.28. The van der Waals surface area contributed by atoms with Crippen LogP contribution in [-0.2, 0) is 17.0 Å². The minimum absolute atomic E-state index is 0.0126. The zero-order valence-electron chi connectivity index (χ0n) is 18.5. The Kier molecular flexibility index (Phi) is 5.46. The highest BCUT2D eigenvalue weighted by Crippen LogP contribution is 2.35. The molecule has 0 unspecified atom stereocenters. The van der Waals surface area contributed by atoms with Crippen molar-refractivity contribution in [1.82, 2.24) is 19.7 Å². The van der Waals surface area contributed by atoms with Crippen LogP contribution in [0.3, 0.4) is 0 Å². The number of benzene rings is 2. The maximum atomic E-state index is 13.5. The second kappa shape index (κ2) is 8.77. The van der Waals surface area contributed by atoms with Gasteiger partial charge in [0.2, 0.25) is 18.5 Å². The van der Waals surface area contributed by atoms with Crippen molar-refractivity contribution in [2.75, 3.05) is 13.4 Å². The second-order valence-corrected chi connectivity index (χ2v) is 9.23. The highest BCUT2D eigenvalue weighted by atomic mass is 32.2. The van der Waals surface area contributed by atoms with E-state index in [4.69, 9.17) is 23.7 Å². The van der Waals surface area contributed by atoms with Gasteiger partial charge >= 0.3 is 0 Å². The summed E-state index contributed by atoms with van der Waals surface area (Å²) in [6, 6.07) is 11.4. The molecule has 1 fully saturated rings. The molecule has 0 aliphatic carbocycles. The number of hydrogen-bond acceptors (Lipinski definition) is 9. The first-order valence-corrected chi connectivity index (χ1v) is 12.1. The molecule has 174 valence electrons. The third kappa shape index (κ3) is 3.92. The number of aromatic nitrogens is 4. The molecule has 0 bridgehead atoms. The van der Waals surface area contributed by atoms with Gasteiger partial charge < -0.3 is 18.7 Å². The number of aryl methyl sites for hydroxylation is 1. The number of thioether (sulfide) groups is 1. The molecule has 2 aromatic heterocycles. The molecule has 0 saturated carbocycles. The van der Waals surface area contributed by atoms with E-state index in [1.807, 2.05) is 31.2 Å². The van der Waals surface area contributed by atoms with Crippen molar-refractivity contribution in [3.63, 3.8) is 0 Å². The summed E-state index contributed by atoms with van der Waals surface area (Å²) in [4.78, 5) is 22.8. The van der Waals surface area contributed by atoms with E-state index in [0.717, 1.165) is 24.0 Å². The third-order valence-electron chi connectivity index (χ3n) is 6.00. The van der Waals surface area contributed by atoms with E-state index >= 15 is 0 Å². The Labute approximate surface area is 199 Å². The zero-order valence-corrected chi connectivity index (χ0v) is 19.3. The Morgan fingerprint density at radius 1 is 1.15 bits per heavy atom. The van der Waals surface area contributed by atoms with E-state index in [0.29, 0.717) is 58.2 Å². The SMILES string of the molecule is Cc1ccccc1-c1noc(CSc2nc3cc4c(cc3c(=O)n2C[C@H]2CCCO2)OCO4)n1. The van der Waals surface area contributed by atoms with Crippen molar-refractivity contribution >= 4 is 22.7 Å². The topological polar surface area (TPSA) is 102 Å². The number of rotatable bonds is 6. The van der Waals surface area contributed by atoms with Gasteiger partial charge in [-0.05, 0) is 31.4 Å². The molecule has 1 saturated heterocycles. The average molecular weight is 479 g/mol. The summed E-state index contributed by atoms with van der Waals surface area (Å²) in [5.41, 5.74) is 2.43. The molecular weight excluding hydrogens is 456 g/mol. The Bertz CT molecular complexity index is 1430. The Hall–Kier alpha value is -3.37. The fourth-order valence-electron chi connectivity index (χ4n) is 4.23. The van der Waals surface area contributed by atoms with E-state index in [9.17, 15) is 4.79 Å². The third-order valence-corrected chi connectivity index (χ3v) is 6.96. The van der Waals surface area contributed by atoms with Gasteiger partial charge in [-0.25, -0.2) is 4.98 Å². The molecule has 2 aromatic carbocycles. The van der Waals surface area contributed by atoms with Crippen molar-refractivity contribution in [2.24, 2.45) is 0 Å². The summed E-state index contributed by atoms with van der Waals surface area (Å²) in [6.45, 7) is 3.30. The van der Waals surface area contributed by atoms with Gasteiger partial charge in [0.05, 0.1) is 29.3 Å². The zero-order chi connectivity index (χ0) is 23.1. The smallest absolute Gasteiger partial charge is 0.262 e. The maximum Gasteiger partial charge on any atom is 0.262 e. The van der Waals surface area contributed by atoms with Crippen LogP contribution in [0, 0.1) is 6.92 Å². The van der Waals surface area contributed by atoms with Crippen LogP contribution in [0.5, 0.6) is 11.5 Å². The molecule has 2 aliphatic rings. The lowest BCUT2D eigenvalue weighted by atomic mass is 10.1. The fourth-order valence-corrected chi connectivity index (χ4v) is 5.07. The predicted octanol–water partition coefficient (Wildman–Crippen LogP) is 3.95. The number of nitrogens with zero attached hydrogens (tertiary/aromatic N) is 4. The largest absolute Gasteiger partial charge is 0.454 e. The van der Waals surface area contributed by atoms with Crippen LogP contribution in [0.15, 0.2) is 50.9 Å². The molecule has 1 atom stereocenters. The summed E-state index contributed by atoms with van der Waals surface area (Å²) in [7, 11) is 0. The van der Waals surface area contributed by atoms with Gasteiger partial charge in [0.15, 0.2) is 16.7 Å². The average Bonchev–Trinajstić information content (AvgIpc) is 3.61. The van der Waals surface area contributed by atoms with Crippen molar-refractivity contribution in [3.05, 3.63) is 58.2 Å². The molecule has 10 heteroatoms. The Morgan fingerprint density at radius 3 is 2.82 bits per heavy atom. The number of fused-ring (bicyclic) bond motifs is 2. The highest BCUT2D eigenvalue weighted by molar-refractivity contribution is 7.98. The van der Waals surface area contributed by atoms with Crippen molar-refractivity contribution in [2.45, 2.75) is 43.3 Å². The van der Waals surface area contributed by atoms with Crippen molar-refractivity contribution < 1.29 is 18.7 Å². The van der Waals surface area contributed by atoms with Crippen LogP contribution >= 0.6 is 11.8 Å². The van der Waals surface area contributed by atoms with Gasteiger partial charge in [-0.2, -0.15) is 4.98 Å². The van der Waals surface area contributed by atoms with Gasteiger partial charge in [-0.15, -0.1) is 0 Å². The van der Waals surface area contributed by atoms with Crippen molar-refractivity contribution in [1.29, 1.82) is 0 Å². The molecular formula is C24H22N4O5S. The van der Waals surface area contributed by atoms with E-state index in [1.165, 1.54) is 11.8 Å². The van der Waals surface area contributed by atoms with E-state index in [-0.39, 0.29) is 18.5 Å². The highest BCUT2D eigenvalue weighted by Gasteiger charge is 2.23. The molecule has 0 radical (unpaired) electrons. The second-order valence-electron chi connectivity index (χ2n) is 8.28. The van der Waals surface area contributed by atoms with Gasteiger partial charge in [0, 0.05) is 18.2 Å². The first-order valence-electron chi connectivity index (χ1n) is 11.1. The van der Waals surface area contributed by atoms with Crippen LogP contribution in [0.2, 0.25) is 0 Å². The van der Waals surface area contributed by atoms with E-state index < -0.39 is 0 Å². The lowest BCUT2D eigenvalue weighted by Gasteiger charge is -2.16. The molecule has 2 aliphatic heterocycles. The molecule has 4 aromatic rings. The standard InChI is InChI=1S/C24H22N4O5S/c1-14-5-2-3-7-16(14)22-26-21(33-27-22)12-34-24-25-18-10-20-19(31-13-32-20)9-17(18)23(29)28(24)11-15-6-4-8-30-15/h2-3,5,7,9-10,15H,4,6,8,11-13H2,1H3/t15-/m1/s1. The predicted molar refractivity (Wildman–Crippen MR) is 125 cm³/mol. The van der Waals surface area contributed by atoms with Gasteiger partial charge in [-0.1, -0.05) is 41.2 Å². The first kappa shape index (κ1) is 21.2. The van der Waals surface area contributed by atoms with E-state index in [2.05, 4.69) is 10.1 Å². The monoisotopic (exact) mass is 478 g/mol. The fraction of sp³-hybridized carbons (Fsp3) is 0.333. The molecule has 0 spiro atoms.